The molecule has 124 valence electrons. The van der Waals surface area contributed by atoms with E-state index in [2.05, 4.69) is 4.90 Å². The molecule has 0 spiro atoms. The zero-order valence-electron chi connectivity index (χ0n) is 13.2. The van der Waals surface area contributed by atoms with Crippen LogP contribution in [0.25, 0.3) is 0 Å². The zero-order valence-corrected chi connectivity index (χ0v) is 13.2. The van der Waals surface area contributed by atoms with E-state index < -0.39 is 11.9 Å². The fourth-order valence-corrected chi connectivity index (χ4v) is 2.98. The lowest BCUT2D eigenvalue weighted by atomic mass is 9.96. The number of fused-ring (bicyclic) bond motifs is 1. The normalized spacial score (nSPS) is 24.3. The van der Waals surface area contributed by atoms with Gasteiger partial charge in [-0.25, -0.2) is 0 Å². The number of methoxy groups -OCH3 is 1. The highest BCUT2D eigenvalue weighted by Gasteiger charge is 2.33. The maximum atomic E-state index is 11.8. The zero-order chi connectivity index (χ0) is 16.2. The van der Waals surface area contributed by atoms with E-state index in [1.165, 1.54) is 7.11 Å². The molecule has 0 saturated carbocycles. The van der Waals surface area contributed by atoms with E-state index in [1.54, 1.807) is 0 Å². The molecule has 1 aromatic carbocycles. The quantitative estimate of drug-likeness (QED) is 0.615. The number of nitrogens with zero attached hydrogens (tertiary/aromatic N) is 1. The molecule has 6 nitrogen and oxygen atoms in total. The molecule has 0 bridgehead atoms. The smallest absolute Gasteiger partial charge is 0.317 e. The van der Waals surface area contributed by atoms with Crippen molar-refractivity contribution in [1.29, 1.82) is 0 Å². The monoisotopic (exact) mass is 319 g/mol. The minimum absolute atomic E-state index is 0.0147. The van der Waals surface area contributed by atoms with E-state index in [1.807, 2.05) is 24.3 Å². The van der Waals surface area contributed by atoms with E-state index >= 15 is 0 Å². The molecule has 6 heteroatoms. The number of hydrogen-bond donors (Lipinski definition) is 0. The molecule has 1 fully saturated rings. The second-order valence-corrected chi connectivity index (χ2v) is 5.88. The third-order valence-electron chi connectivity index (χ3n) is 4.32. The van der Waals surface area contributed by atoms with Gasteiger partial charge in [0.15, 0.2) is 11.5 Å². The highest BCUT2D eigenvalue weighted by molar-refractivity contribution is 5.99. The van der Waals surface area contributed by atoms with Gasteiger partial charge in [-0.05, 0) is 12.1 Å². The Morgan fingerprint density at radius 3 is 2.91 bits per heavy atom. The Hall–Kier alpha value is -2.08. The fraction of sp³-hybridized carbons (Fsp3) is 0.529. The summed E-state index contributed by atoms with van der Waals surface area (Å²) in [5, 5.41) is 0. The van der Waals surface area contributed by atoms with Crippen molar-refractivity contribution in [3.05, 3.63) is 24.3 Å². The van der Waals surface area contributed by atoms with Gasteiger partial charge in [0.2, 0.25) is 0 Å². The predicted molar refractivity (Wildman–Crippen MR) is 82.5 cm³/mol. The van der Waals surface area contributed by atoms with E-state index in [0.29, 0.717) is 26.1 Å². The summed E-state index contributed by atoms with van der Waals surface area (Å²) in [7, 11) is 1.32. The molecular weight excluding hydrogens is 298 g/mol. The first-order valence-corrected chi connectivity index (χ1v) is 7.88. The van der Waals surface area contributed by atoms with Crippen LogP contribution in [0.2, 0.25) is 0 Å². The number of likely N-dealkylation sites (tertiary alicyclic amines) is 1. The number of esters is 1. The standard InChI is InChI=1S/C17H21NO5/c1-21-17(20)13-10-18(9-7-14(13)19)8-6-12-11-22-15-4-2-3-5-16(15)23-12/h2-5,12-13H,6-11H2,1H3. The largest absolute Gasteiger partial charge is 0.486 e. The van der Waals surface area contributed by atoms with E-state index in [-0.39, 0.29) is 11.9 Å². The predicted octanol–water partition coefficient (Wildman–Crippen LogP) is 1.28. The molecule has 0 aliphatic carbocycles. The lowest BCUT2D eigenvalue weighted by molar-refractivity contribution is -0.151. The second-order valence-electron chi connectivity index (χ2n) is 5.88. The number of rotatable bonds is 4. The SMILES string of the molecule is COC(=O)C1CN(CCC2COc3ccccc3O2)CCC1=O. The van der Waals surface area contributed by atoms with Crippen LogP contribution >= 0.6 is 0 Å². The Labute approximate surface area is 135 Å². The maximum absolute atomic E-state index is 11.8. The van der Waals surface area contributed by atoms with Crippen molar-refractivity contribution in [3.63, 3.8) is 0 Å². The van der Waals surface area contributed by atoms with Crippen molar-refractivity contribution in [1.82, 2.24) is 4.90 Å². The summed E-state index contributed by atoms with van der Waals surface area (Å²) in [4.78, 5) is 25.6. The molecule has 1 aromatic rings. The minimum Gasteiger partial charge on any atom is -0.486 e. The number of carbonyl (C=O) groups excluding carboxylic acids is 2. The van der Waals surface area contributed by atoms with Gasteiger partial charge in [-0.2, -0.15) is 0 Å². The number of piperidine rings is 1. The highest BCUT2D eigenvalue weighted by Crippen LogP contribution is 2.31. The molecule has 2 atom stereocenters. The van der Waals surface area contributed by atoms with Crippen molar-refractivity contribution in [2.75, 3.05) is 33.4 Å². The van der Waals surface area contributed by atoms with Crippen LogP contribution in [0.5, 0.6) is 11.5 Å². The van der Waals surface area contributed by atoms with Crippen LogP contribution in [0, 0.1) is 5.92 Å². The molecule has 1 saturated heterocycles. The van der Waals surface area contributed by atoms with Crippen LogP contribution in [0.15, 0.2) is 24.3 Å². The van der Waals surface area contributed by atoms with Gasteiger partial charge in [-0.3, -0.25) is 9.59 Å². The van der Waals surface area contributed by atoms with Crippen molar-refractivity contribution in [2.24, 2.45) is 5.92 Å². The molecule has 2 aliphatic rings. The van der Waals surface area contributed by atoms with Crippen molar-refractivity contribution in [2.45, 2.75) is 18.9 Å². The summed E-state index contributed by atoms with van der Waals surface area (Å²) in [5.41, 5.74) is 0. The number of benzene rings is 1. The molecule has 3 rings (SSSR count). The van der Waals surface area contributed by atoms with Gasteiger partial charge in [-0.15, -0.1) is 0 Å². The van der Waals surface area contributed by atoms with Gasteiger partial charge >= 0.3 is 5.97 Å². The first-order chi connectivity index (χ1) is 11.2. The number of hydrogen-bond acceptors (Lipinski definition) is 6. The van der Waals surface area contributed by atoms with E-state index in [0.717, 1.165) is 24.5 Å². The van der Waals surface area contributed by atoms with Crippen molar-refractivity contribution < 1.29 is 23.8 Å². The Morgan fingerprint density at radius 2 is 2.13 bits per heavy atom. The van der Waals surface area contributed by atoms with E-state index in [9.17, 15) is 9.59 Å². The second kappa shape index (κ2) is 7.00. The average Bonchev–Trinajstić information content (AvgIpc) is 2.60. The van der Waals surface area contributed by atoms with Crippen LogP contribution in [0.1, 0.15) is 12.8 Å². The molecule has 0 amide bonds. The van der Waals surface area contributed by atoms with Gasteiger partial charge in [0.25, 0.3) is 0 Å². The summed E-state index contributed by atoms with van der Waals surface area (Å²) < 4.78 is 16.3. The van der Waals surface area contributed by atoms with Crippen LogP contribution in [0.4, 0.5) is 0 Å². The summed E-state index contributed by atoms with van der Waals surface area (Å²) in [6.07, 6.45) is 1.17. The lowest BCUT2D eigenvalue weighted by Crippen LogP contribution is -2.46. The number of para-hydroxylation sites is 2. The summed E-state index contributed by atoms with van der Waals surface area (Å²) >= 11 is 0. The first kappa shape index (κ1) is 15.8. The first-order valence-electron chi connectivity index (χ1n) is 7.88. The van der Waals surface area contributed by atoms with Gasteiger partial charge in [0.05, 0.1) is 7.11 Å². The number of Topliss-reactive ketones (excluding diaryl/α,β-unsaturated/α-hetero) is 1. The van der Waals surface area contributed by atoms with Gasteiger partial charge in [0, 0.05) is 32.5 Å². The van der Waals surface area contributed by atoms with Gasteiger partial charge in [0.1, 0.15) is 24.4 Å². The fourth-order valence-electron chi connectivity index (χ4n) is 2.98. The van der Waals surface area contributed by atoms with Crippen molar-refractivity contribution in [3.8, 4) is 11.5 Å². The molecule has 23 heavy (non-hydrogen) atoms. The van der Waals surface area contributed by atoms with Crippen LogP contribution in [-0.2, 0) is 14.3 Å². The molecule has 0 N–H and O–H groups in total. The third kappa shape index (κ3) is 3.64. The third-order valence-corrected chi connectivity index (χ3v) is 4.32. The Balaban J connectivity index is 1.51. The molecule has 2 unspecified atom stereocenters. The Morgan fingerprint density at radius 1 is 1.35 bits per heavy atom. The number of ether oxygens (including phenoxy) is 3. The van der Waals surface area contributed by atoms with Gasteiger partial charge in [-0.1, -0.05) is 12.1 Å². The molecular formula is C17H21NO5. The average molecular weight is 319 g/mol. The topological polar surface area (TPSA) is 65.1 Å². The van der Waals surface area contributed by atoms with Crippen molar-refractivity contribution >= 4 is 11.8 Å². The number of ketones is 1. The summed E-state index contributed by atoms with van der Waals surface area (Å²) in [5.74, 6) is 0.422. The Kier molecular flexibility index (Phi) is 4.81. The van der Waals surface area contributed by atoms with Crippen LogP contribution in [-0.4, -0.2) is 56.1 Å². The van der Waals surface area contributed by atoms with Crippen LogP contribution < -0.4 is 9.47 Å². The summed E-state index contributed by atoms with van der Waals surface area (Å²) in [6, 6.07) is 7.62. The minimum atomic E-state index is -0.655. The van der Waals surface area contributed by atoms with Crippen LogP contribution in [0.3, 0.4) is 0 Å². The molecule has 0 radical (unpaired) electrons. The maximum Gasteiger partial charge on any atom is 0.317 e. The van der Waals surface area contributed by atoms with Gasteiger partial charge < -0.3 is 19.1 Å². The molecule has 2 aliphatic heterocycles. The molecule has 0 aromatic heterocycles. The lowest BCUT2D eigenvalue weighted by Gasteiger charge is -2.32. The number of carbonyl (C=O) groups is 2. The highest BCUT2D eigenvalue weighted by atomic mass is 16.6. The molecule has 2 heterocycles. The summed E-state index contributed by atoms with van der Waals surface area (Å²) in [6.45, 7) is 2.38. The Bertz CT molecular complexity index is 580. The van der Waals surface area contributed by atoms with E-state index in [4.69, 9.17) is 14.2 Å².